The molecule has 1 atom stereocenters. The van der Waals surface area contributed by atoms with E-state index in [2.05, 4.69) is 0 Å². The predicted octanol–water partition coefficient (Wildman–Crippen LogP) is 0.664. The Morgan fingerprint density at radius 1 is 1.29 bits per heavy atom. The normalized spacial score (nSPS) is 18.2. The maximum Gasteiger partial charge on any atom is 0.282 e. The van der Waals surface area contributed by atoms with Crippen LogP contribution < -0.4 is 5.73 Å². The van der Waals surface area contributed by atoms with Gasteiger partial charge in [-0.3, -0.25) is 0 Å². The highest BCUT2D eigenvalue weighted by Gasteiger charge is 2.39. The van der Waals surface area contributed by atoms with Crippen molar-refractivity contribution in [3.05, 3.63) is 0 Å². The summed E-state index contributed by atoms with van der Waals surface area (Å²) in [5.74, 6) is 0.459. The summed E-state index contributed by atoms with van der Waals surface area (Å²) in [5.41, 5.74) is 5.67. The van der Waals surface area contributed by atoms with Gasteiger partial charge in [0.2, 0.25) is 0 Å². The third-order valence-electron chi connectivity index (χ3n) is 3.27. The van der Waals surface area contributed by atoms with Crippen LogP contribution in [0.4, 0.5) is 0 Å². The third kappa shape index (κ3) is 3.79. The minimum absolute atomic E-state index is 0. The number of hydrogen-bond donors (Lipinski definition) is 1. The van der Waals surface area contributed by atoms with Gasteiger partial charge in [-0.2, -0.15) is 17.0 Å². The van der Waals surface area contributed by atoms with Crippen molar-refractivity contribution in [1.29, 1.82) is 0 Å². The maximum absolute atomic E-state index is 12.2. The summed E-state index contributed by atoms with van der Waals surface area (Å²) >= 11 is 0. The van der Waals surface area contributed by atoms with Gasteiger partial charge in [-0.05, 0) is 18.8 Å². The lowest BCUT2D eigenvalue weighted by atomic mass is 10.2. The van der Waals surface area contributed by atoms with Crippen LogP contribution in [0.25, 0.3) is 0 Å². The molecule has 0 aromatic rings. The largest absolute Gasteiger partial charge is 0.329 e. The summed E-state index contributed by atoms with van der Waals surface area (Å²) in [5, 5.41) is 0. The Labute approximate surface area is 111 Å². The Morgan fingerprint density at radius 3 is 2.06 bits per heavy atom. The van der Waals surface area contributed by atoms with Gasteiger partial charge in [0.15, 0.2) is 0 Å². The first-order valence-corrected chi connectivity index (χ1v) is 7.31. The lowest BCUT2D eigenvalue weighted by Gasteiger charge is -2.31. The molecule has 0 saturated heterocycles. The number of likely N-dealkylation sites (N-methyl/N-ethyl adjacent to an activating group) is 1. The molecule has 0 aromatic carbocycles. The first-order valence-electron chi connectivity index (χ1n) is 5.92. The predicted molar refractivity (Wildman–Crippen MR) is 72.4 cm³/mol. The molecule has 0 amide bonds. The molecule has 0 bridgehead atoms. The molecule has 2 N–H and O–H groups in total. The van der Waals surface area contributed by atoms with Crippen LogP contribution in [0.15, 0.2) is 0 Å². The van der Waals surface area contributed by atoms with E-state index in [0.29, 0.717) is 25.6 Å². The summed E-state index contributed by atoms with van der Waals surface area (Å²) in [6.07, 6.45) is 2.19. The van der Waals surface area contributed by atoms with Gasteiger partial charge in [-0.1, -0.05) is 13.8 Å². The molecule has 7 heteroatoms. The van der Waals surface area contributed by atoms with E-state index in [0.717, 1.165) is 12.8 Å². The van der Waals surface area contributed by atoms with Crippen LogP contribution >= 0.6 is 12.4 Å². The van der Waals surface area contributed by atoms with E-state index in [4.69, 9.17) is 5.73 Å². The molecular formula is C10H24ClN3O2S. The van der Waals surface area contributed by atoms with Crippen molar-refractivity contribution in [2.24, 2.45) is 11.7 Å². The SMILES string of the molecule is CCN(CC)S(=O)(=O)N(C)C(CN)C1CC1.Cl. The minimum atomic E-state index is -3.33. The lowest BCUT2D eigenvalue weighted by molar-refractivity contribution is 0.305. The van der Waals surface area contributed by atoms with Gasteiger partial charge in [0.1, 0.15) is 0 Å². The van der Waals surface area contributed by atoms with E-state index in [-0.39, 0.29) is 18.4 Å². The van der Waals surface area contributed by atoms with Crippen LogP contribution in [0, 0.1) is 5.92 Å². The highest BCUT2D eigenvalue weighted by molar-refractivity contribution is 7.86. The first kappa shape index (κ1) is 17.1. The number of nitrogens with zero attached hydrogens (tertiary/aromatic N) is 2. The zero-order chi connectivity index (χ0) is 12.3. The number of rotatable bonds is 7. The summed E-state index contributed by atoms with van der Waals surface area (Å²) in [6.45, 7) is 5.12. The molecule has 0 heterocycles. The summed E-state index contributed by atoms with van der Waals surface area (Å²) in [7, 11) is -1.69. The third-order valence-corrected chi connectivity index (χ3v) is 5.44. The number of hydrogen-bond acceptors (Lipinski definition) is 3. The average molecular weight is 286 g/mol. The molecule has 1 fully saturated rings. The molecule has 1 saturated carbocycles. The van der Waals surface area contributed by atoms with E-state index in [1.165, 1.54) is 8.61 Å². The molecule has 104 valence electrons. The fourth-order valence-electron chi connectivity index (χ4n) is 2.02. The van der Waals surface area contributed by atoms with E-state index in [9.17, 15) is 8.42 Å². The molecule has 0 spiro atoms. The molecule has 1 unspecified atom stereocenters. The second-order valence-electron chi connectivity index (χ2n) is 4.25. The topological polar surface area (TPSA) is 66.6 Å². The Bertz CT molecular complexity index is 316. The Kier molecular flexibility index (Phi) is 6.94. The van der Waals surface area contributed by atoms with Crippen molar-refractivity contribution >= 4 is 22.6 Å². The monoisotopic (exact) mass is 285 g/mol. The van der Waals surface area contributed by atoms with Crippen LogP contribution in [0.5, 0.6) is 0 Å². The van der Waals surface area contributed by atoms with Crippen LogP contribution in [0.2, 0.25) is 0 Å². The number of nitrogens with two attached hydrogens (primary N) is 1. The highest BCUT2D eigenvalue weighted by Crippen LogP contribution is 2.35. The van der Waals surface area contributed by atoms with Crippen LogP contribution in [0.1, 0.15) is 26.7 Å². The van der Waals surface area contributed by atoms with Crippen molar-refractivity contribution in [1.82, 2.24) is 8.61 Å². The van der Waals surface area contributed by atoms with Crippen molar-refractivity contribution in [3.63, 3.8) is 0 Å². The molecule has 1 aliphatic carbocycles. The maximum atomic E-state index is 12.2. The minimum Gasteiger partial charge on any atom is -0.329 e. The van der Waals surface area contributed by atoms with Crippen molar-refractivity contribution in [2.45, 2.75) is 32.7 Å². The van der Waals surface area contributed by atoms with Gasteiger partial charge < -0.3 is 5.73 Å². The quantitative estimate of drug-likeness (QED) is 0.747. The zero-order valence-corrected chi connectivity index (χ0v) is 12.4. The molecule has 17 heavy (non-hydrogen) atoms. The Balaban J connectivity index is 0.00000256. The van der Waals surface area contributed by atoms with E-state index < -0.39 is 10.2 Å². The molecular weight excluding hydrogens is 262 g/mol. The van der Waals surface area contributed by atoms with Crippen molar-refractivity contribution in [2.75, 3.05) is 26.7 Å². The second kappa shape index (κ2) is 6.89. The van der Waals surface area contributed by atoms with Crippen LogP contribution in [-0.4, -0.2) is 49.8 Å². The smallest absolute Gasteiger partial charge is 0.282 e. The Hall–Kier alpha value is 0.120. The van der Waals surface area contributed by atoms with Gasteiger partial charge in [0.05, 0.1) is 0 Å². The summed E-state index contributed by atoms with van der Waals surface area (Å²) < 4.78 is 27.4. The molecule has 0 aliphatic heterocycles. The van der Waals surface area contributed by atoms with Gasteiger partial charge in [-0.25, -0.2) is 0 Å². The van der Waals surface area contributed by atoms with E-state index in [1.807, 2.05) is 13.8 Å². The van der Waals surface area contributed by atoms with Crippen molar-refractivity contribution < 1.29 is 8.42 Å². The van der Waals surface area contributed by atoms with Gasteiger partial charge in [0.25, 0.3) is 10.2 Å². The second-order valence-corrected chi connectivity index (χ2v) is 6.24. The standard InChI is InChI=1S/C10H23N3O2S.ClH/c1-4-13(5-2)16(14,15)12(3)10(8-11)9-6-7-9;/h9-10H,4-8,11H2,1-3H3;1H. The van der Waals surface area contributed by atoms with Gasteiger partial charge in [0, 0.05) is 32.7 Å². The van der Waals surface area contributed by atoms with E-state index >= 15 is 0 Å². The molecule has 1 rings (SSSR count). The fourth-order valence-corrected chi connectivity index (χ4v) is 3.64. The molecule has 1 aliphatic rings. The molecule has 0 aromatic heterocycles. The Morgan fingerprint density at radius 2 is 1.76 bits per heavy atom. The molecule has 0 radical (unpaired) electrons. The average Bonchev–Trinajstić information content (AvgIpc) is 3.04. The molecule has 5 nitrogen and oxygen atoms in total. The zero-order valence-electron chi connectivity index (χ0n) is 10.8. The van der Waals surface area contributed by atoms with Crippen LogP contribution in [0.3, 0.4) is 0 Å². The van der Waals surface area contributed by atoms with Gasteiger partial charge >= 0.3 is 0 Å². The van der Waals surface area contributed by atoms with Crippen molar-refractivity contribution in [3.8, 4) is 0 Å². The van der Waals surface area contributed by atoms with Crippen LogP contribution in [-0.2, 0) is 10.2 Å². The van der Waals surface area contributed by atoms with Gasteiger partial charge in [-0.15, -0.1) is 12.4 Å². The van der Waals surface area contributed by atoms with E-state index in [1.54, 1.807) is 7.05 Å². The lowest BCUT2D eigenvalue weighted by Crippen LogP contribution is -2.49. The summed E-state index contributed by atoms with van der Waals surface area (Å²) in [4.78, 5) is 0. The number of halogens is 1. The summed E-state index contributed by atoms with van der Waals surface area (Å²) in [6, 6.07) is -0.0365. The first-order chi connectivity index (χ1) is 7.48. The fraction of sp³-hybridized carbons (Fsp3) is 1.00. The highest BCUT2D eigenvalue weighted by atomic mass is 35.5.